The molecule has 0 aromatic heterocycles. The van der Waals surface area contributed by atoms with Crippen molar-refractivity contribution in [2.75, 3.05) is 33.2 Å². The van der Waals surface area contributed by atoms with Gasteiger partial charge in [-0.25, -0.2) is 0 Å². The molecule has 4 rings (SSSR count). The lowest BCUT2D eigenvalue weighted by atomic mass is 9.84. The van der Waals surface area contributed by atoms with Crippen molar-refractivity contribution in [3.63, 3.8) is 0 Å². The topological polar surface area (TPSA) is 35.9 Å². The molecule has 0 aliphatic carbocycles. The highest BCUT2D eigenvalue weighted by Gasteiger charge is 2.34. The molecule has 0 bridgehead atoms. The highest BCUT2D eigenvalue weighted by molar-refractivity contribution is 7.80. The van der Waals surface area contributed by atoms with Gasteiger partial charge in [0, 0.05) is 26.7 Å². The molecule has 148 valence electrons. The van der Waals surface area contributed by atoms with E-state index < -0.39 is 5.60 Å². The molecule has 1 saturated heterocycles. The molecular formula is C23H28N2O2S. The number of piperidine rings is 1. The van der Waals surface area contributed by atoms with E-state index in [4.69, 9.17) is 17.0 Å². The Bertz CT molecular complexity index is 818. The molecule has 2 aromatic carbocycles. The second-order valence-electron chi connectivity index (χ2n) is 7.95. The minimum Gasteiger partial charge on any atom is -0.488 e. The zero-order valence-corrected chi connectivity index (χ0v) is 17.2. The maximum Gasteiger partial charge on any atom is 0.130 e. The third kappa shape index (κ3) is 4.07. The van der Waals surface area contributed by atoms with E-state index in [1.807, 2.05) is 61.6 Å². The smallest absolute Gasteiger partial charge is 0.130 e. The lowest BCUT2D eigenvalue weighted by Gasteiger charge is -2.39. The Hall–Kier alpha value is -1.95. The SMILES string of the molecule is CN1CC(CCN2CCC(O)(c3ccccc3)CC2)Oc2ccccc2C1=S. The predicted molar refractivity (Wildman–Crippen MR) is 116 cm³/mol. The molecule has 2 aliphatic heterocycles. The van der Waals surface area contributed by atoms with E-state index in [1.54, 1.807) is 0 Å². The molecule has 2 aromatic rings. The molecule has 28 heavy (non-hydrogen) atoms. The van der Waals surface area contributed by atoms with Gasteiger partial charge < -0.3 is 19.6 Å². The molecule has 2 heterocycles. The van der Waals surface area contributed by atoms with Crippen LogP contribution in [0.15, 0.2) is 54.6 Å². The van der Waals surface area contributed by atoms with Gasteiger partial charge in [-0.2, -0.15) is 0 Å². The van der Waals surface area contributed by atoms with Gasteiger partial charge in [0.25, 0.3) is 0 Å². The first-order valence-electron chi connectivity index (χ1n) is 10.1. The molecule has 1 atom stereocenters. The van der Waals surface area contributed by atoms with Crippen molar-refractivity contribution in [1.82, 2.24) is 9.80 Å². The first kappa shape index (κ1) is 19.4. The third-order valence-electron chi connectivity index (χ3n) is 6.00. The first-order chi connectivity index (χ1) is 13.5. The van der Waals surface area contributed by atoms with Gasteiger partial charge in [0.2, 0.25) is 0 Å². The van der Waals surface area contributed by atoms with E-state index in [1.165, 1.54) is 0 Å². The summed E-state index contributed by atoms with van der Waals surface area (Å²) in [6.07, 6.45) is 2.61. The van der Waals surface area contributed by atoms with Crippen LogP contribution < -0.4 is 4.74 Å². The second-order valence-corrected chi connectivity index (χ2v) is 8.34. The lowest BCUT2D eigenvalue weighted by molar-refractivity contribution is -0.0277. The third-order valence-corrected chi connectivity index (χ3v) is 6.53. The Labute approximate surface area is 172 Å². The zero-order valence-electron chi connectivity index (χ0n) is 16.4. The van der Waals surface area contributed by atoms with Crippen molar-refractivity contribution in [2.45, 2.75) is 31.0 Å². The molecule has 5 heteroatoms. The summed E-state index contributed by atoms with van der Waals surface area (Å²) < 4.78 is 6.29. The van der Waals surface area contributed by atoms with Crippen LogP contribution in [0.5, 0.6) is 5.75 Å². The number of benzene rings is 2. The number of ether oxygens (including phenoxy) is 1. The Morgan fingerprint density at radius 3 is 2.50 bits per heavy atom. The van der Waals surface area contributed by atoms with Gasteiger partial charge in [-0.15, -0.1) is 0 Å². The van der Waals surface area contributed by atoms with Gasteiger partial charge in [-0.05, 0) is 37.0 Å². The maximum absolute atomic E-state index is 11.0. The highest BCUT2D eigenvalue weighted by Crippen LogP contribution is 2.33. The number of fused-ring (bicyclic) bond motifs is 1. The summed E-state index contributed by atoms with van der Waals surface area (Å²) in [5.74, 6) is 0.888. The van der Waals surface area contributed by atoms with Crippen LogP contribution in [0.2, 0.25) is 0 Å². The van der Waals surface area contributed by atoms with E-state index in [-0.39, 0.29) is 6.10 Å². The number of para-hydroxylation sites is 1. The van der Waals surface area contributed by atoms with Gasteiger partial charge in [0.1, 0.15) is 16.8 Å². The Balaban J connectivity index is 1.34. The molecule has 1 fully saturated rings. The highest BCUT2D eigenvalue weighted by atomic mass is 32.1. The van der Waals surface area contributed by atoms with Crippen molar-refractivity contribution >= 4 is 17.2 Å². The van der Waals surface area contributed by atoms with E-state index >= 15 is 0 Å². The van der Waals surface area contributed by atoms with Crippen LogP contribution in [0.4, 0.5) is 0 Å². The number of rotatable bonds is 4. The largest absolute Gasteiger partial charge is 0.488 e. The van der Waals surface area contributed by atoms with E-state index in [2.05, 4.69) is 9.80 Å². The number of likely N-dealkylation sites (tertiary alicyclic amines) is 1. The first-order valence-corrected chi connectivity index (χ1v) is 10.5. The Morgan fingerprint density at radius 1 is 1.07 bits per heavy atom. The minimum atomic E-state index is -0.693. The average Bonchev–Trinajstić information content (AvgIpc) is 2.85. The molecule has 0 saturated carbocycles. The van der Waals surface area contributed by atoms with Gasteiger partial charge >= 0.3 is 0 Å². The summed E-state index contributed by atoms with van der Waals surface area (Å²) in [5, 5.41) is 11.0. The summed E-state index contributed by atoms with van der Waals surface area (Å²) in [4.78, 5) is 5.41. The zero-order chi connectivity index (χ0) is 19.6. The van der Waals surface area contributed by atoms with E-state index in [0.29, 0.717) is 0 Å². The Kier molecular flexibility index (Phi) is 5.67. The number of hydrogen-bond donors (Lipinski definition) is 1. The minimum absolute atomic E-state index is 0.113. The normalized spacial score (nSPS) is 22.3. The molecule has 2 aliphatic rings. The summed E-state index contributed by atoms with van der Waals surface area (Å²) in [7, 11) is 2.04. The molecular weight excluding hydrogens is 368 g/mol. The monoisotopic (exact) mass is 396 g/mol. The number of thiocarbonyl (C=S) groups is 1. The number of hydrogen-bond acceptors (Lipinski definition) is 4. The van der Waals surface area contributed by atoms with Crippen molar-refractivity contribution in [2.24, 2.45) is 0 Å². The van der Waals surface area contributed by atoms with Crippen molar-refractivity contribution in [1.29, 1.82) is 0 Å². The van der Waals surface area contributed by atoms with Gasteiger partial charge in [0.15, 0.2) is 0 Å². The van der Waals surface area contributed by atoms with Crippen LogP contribution >= 0.6 is 12.2 Å². The summed E-state index contributed by atoms with van der Waals surface area (Å²) >= 11 is 5.61. The fourth-order valence-electron chi connectivity index (χ4n) is 4.22. The van der Waals surface area contributed by atoms with Crippen molar-refractivity contribution in [3.8, 4) is 5.75 Å². The fraction of sp³-hybridized carbons (Fsp3) is 0.435. The second kappa shape index (κ2) is 8.19. The average molecular weight is 397 g/mol. The number of likely N-dealkylation sites (N-methyl/N-ethyl adjacent to an activating group) is 1. The lowest BCUT2D eigenvalue weighted by Crippen LogP contribution is -2.44. The van der Waals surface area contributed by atoms with Crippen LogP contribution in [0.25, 0.3) is 0 Å². The quantitative estimate of drug-likeness (QED) is 0.802. The molecule has 1 unspecified atom stereocenters. The van der Waals surface area contributed by atoms with Crippen LogP contribution in [0, 0.1) is 0 Å². The maximum atomic E-state index is 11.0. The number of nitrogens with zero attached hydrogens (tertiary/aromatic N) is 2. The predicted octanol–water partition coefficient (Wildman–Crippen LogP) is 3.43. The summed E-state index contributed by atoms with van der Waals surface area (Å²) in [6.45, 7) is 3.58. The molecule has 0 radical (unpaired) electrons. The molecule has 0 amide bonds. The summed E-state index contributed by atoms with van der Waals surface area (Å²) in [5.41, 5.74) is 1.35. The number of aliphatic hydroxyl groups is 1. The van der Waals surface area contributed by atoms with Crippen LogP contribution in [0.1, 0.15) is 30.4 Å². The van der Waals surface area contributed by atoms with Gasteiger partial charge in [0.05, 0.1) is 17.7 Å². The van der Waals surface area contributed by atoms with E-state index in [9.17, 15) is 5.11 Å². The van der Waals surface area contributed by atoms with Crippen LogP contribution in [0.3, 0.4) is 0 Å². The van der Waals surface area contributed by atoms with Gasteiger partial charge in [-0.3, -0.25) is 0 Å². The van der Waals surface area contributed by atoms with Crippen LogP contribution in [-0.2, 0) is 5.60 Å². The van der Waals surface area contributed by atoms with Crippen LogP contribution in [-0.4, -0.2) is 59.2 Å². The molecule has 0 spiro atoms. The molecule has 1 N–H and O–H groups in total. The Morgan fingerprint density at radius 2 is 1.75 bits per heavy atom. The fourth-order valence-corrected chi connectivity index (χ4v) is 4.46. The molecule has 4 nitrogen and oxygen atoms in total. The standard InChI is InChI=1S/C23H28N2O2S/c1-24-17-19(27-21-10-6-5-9-20(21)22(24)28)11-14-25-15-12-23(26,13-16-25)18-7-3-2-4-8-18/h2-10,19,26H,11-17H2,1H3. The summed E-state index contributed by atoms with van der Waals surface area (Å²) in [6, 6.07) is 18.1. The van der Waals surface area contributed by atoms with Gasteiger partial charge in [-0.1, -0.05) is 54.7 Å². The van der Waals surface area contributed by atoms with Crippen molar-refractivity contribution in [3.05, 3.63) is 65.7 Å². The van der Waals surface area contributed by atoms with E-state index in [0.717, 1.165) is 67.3 Å². The van der Waals surface area contributed by atoms with Crippen molar-refractivity contribution < 1.29 is 9.84 Å².